The van der Waals surface area contributed by atoms with E-state index in [1.54, 1.807) is 7.11 Å². The minimum atomic E-state index is -0.229. The van der Waals surface area contributed by atoms with E-state index in [0.717, 1.165) is 0 Å². The first-order valence-electron chi connectivity index (χ1n) is 5.28. The predicted molar refractivity (Wildman–Crippen MR) is 58.7 cm³/mol. The van der Waals surface area contributed by atoms with E-state index in [4.69, 9.17) is 9.84 Å². The highest BCUT2D eigenvalue weighted by Crippen LogP contribution is 1.98. The maximum atomic E-state index is 11.5. The van der Waals surface area contributed by atoms with Crippen molar-refractivity contribution in [3.63, 3.8) is 0 Å². The number of nitrogens with zero attached hydrogens (tertiary/aromatic N) is 1. The Morgan fingerprint density at radius 1 is 1.53 bits per heavy atom. The van der Waals surface area contributed by atoms with Crippen LogP contribution in [0.25, 0.3) is 0 Å². The number of rotatable bonds is 8. The zero-order valence-electron chi connectivity index (χ0n) is 9.82. The molecule has 0 fully saturated rings. The van der Waals surface area contributed by atoms with Gasteiger partial charge in [0.2, 0.25) is 5.91 Å². The Kier molecular flexibility index (Phi) is 8.27. The highest BCUT2D eigenvalue weighted by molar-refractivity contribution is 5.81. The van der Waals surface area contributed by atoms with Gasteiger partial charge in [0.25, 0.3) is 0 Å². The lowest BCUT2D eigenvalue weighted by atomic mass is 10.2. The largest absolute Gasteiger partial charge is 0.395 e. The fourth-order valence-corrected chi connectivity index (χ4v) is 1.32. The molecule has 0 heterocycles. The third-order valence-corrected chi connectivity index (χ3v) is 2.25. The maximum absolute atomic E-state index is 11.5. The number of hydrogen-bond acceptors (Lipinski definition) is 4. The van der Waals surface area contributed by atoms with Crippen LogP contribution in [0, 0.1) is 0 Å². The summed E-state index contributed by atoms with van der Waals surface area (Å²) < 4.78 is 4.95. The standard InChI is InChI=1S/C10H22N2O3/c1-4-11-10(14)9(2)12(5-7-13)6-8-15-3/h9,13H,4-8H2,1-3H3,(H,11,14). The number of aliphatic hydroxyl groups is 1. The first-order chi connectivity index (χ1) is 7.17. The molecule has 1 atom stereocenters. The minimum absolute atomic E-state index is 0.0120. The lowest BCUT2D eigenvalue weighted by molar-refractivity contribution is -0.126. The molecule has 0 spiro atoms. The molecule has 5 nitrogen and oxygen atoms in total. The van der Waals surface area contributed by atoms with E-state index >= 15 is 0 Å². The zero-order valence-corrected chi connectivity index (χ0v) is 9.82. The molecule has 5 heteroatoms. The van der Waals surface area contributed by atoms with E-state index in [-0.39, 0.29) is 18.6 Å². The molecule has 0 aromatic rings. The summed E-state index contributed by atoms with van der Waals surface area (Å²) in [6.07, 6.45) is 0. The van der Waals surface area contributed by atoms with Gasteiger partial charge in [0.15, 0.2) is 0 Å². The molecule has 0 aliphatic heterocycles. The summed E-state index contributed by atoms with van der Waals surface area (Å²) in [5.41, 5.74) is 0. The smallest absolute Gasteiger partial charge is 0.237 e. The zero-order chi connectivity index (χ0) is 11.7. The van der Waals surface area contributed by atoms with E-state index in [2.05, 4.69) is 5.32 Å². The van der Waals surface area contributed by atoms with Gasteiger partial charge in [-0.15, -0.1) is 0 Å². The number of nitrogens with one attached hydrogen (secondary N) is 1. The monoisotopic (exact) mass is 218 g/mol. The van der Waals surface area contributed by atoms with Gasteiger partial charge in [0.1, 0.15) is 0 Å². The Morgan fingerprint density at radius 2 is 2.20 bits per heavy atom. The third-order valence-electron chi connectivity index (χ3n) is 2.25. The van der Waals surface area contributed by atoms with Crippen LogP contribution >= 0.6 is 0 Å². The van der Waals surface area contributed by atoms with Gasteiger partial charge in [-0.3, -0.25) is 9.69 Å². The molecule has 90 valence electrons. The molecule has 0 saturated carbocycles. The number of ether oxygens (including phenoxy) is 1. The Labute approximate surface area is 91.4 Å². The van der Waals surface area contributed by atoms with Crippen LogP contribution in [-0.2, 0) is 9.53 Å². The summed E-state index contributed by atoms with van der Waals surface area (Å²) in [5, 5.41) is 11.6. The van der Waals surface area contributed by atoms with Crippen molar-refractivity contribution in [1.29, 1.82) is 0 Å². The summed E-state index contributed by atoms with van der Waals surface area (Å²) in [7, 11) is 1.62. The normalized spacial score (nSPS) is 12.9. The van der Waals surface area contributed by atoms with Gasteiger partial charge in [-0.25, -0.2) is 0 Å². The Bertz CT molecular complexity index is 176. The molecule has 2 N–H and O–H groups in total. The van der Waals surface area contributed by atoms with Crippen LogP contribution in [0.3, 0.4) is 0 Å². The van der Waals surface area contributed by atoms with Crippen LogP contribution < -0.4 is 5.32 Å². The van der Waals surface area contributed by atoms with E-state index in [1.165, 1.54) is 0 Å². The van der Waals surface area contributed by atoms with Crippen molar-refractivity contribution in [3.05, 3.63) is 0 Å². The van der Waals surface area contributed by atoms with E-state index < -0.39 is 0 Å². The molecule has 15 heavy (non-hydrogen) atoms. The molecule has 1 unspecified atom stereocenters. The number of methoxy groups -OCH3 is 1. The molecule has 0 aromatic heterocycles. The second-order valence-corrected chi connectivity index (χ2v) is 3.32. The van der Waals surface area contributed by atoms with Crippen molar-refractivity contribution in [2.45, 2.75) is 19.9 Å². The van der Waals surface area contributed by atoms with Crippen molar-refractivity contribution >= 4 is 5.91 Å². The van der Waals surface area contributed by atoms with Gasteiger partial charge in [-0.05, 0) is 13.8 Å². The van der Waals surface area contributed by atoms with Gasteiger partial charge in [0.05, 0.1) is 19.3 Å². The maximum Gasteiger partial charge on any atom is 0.237 e. The van der Waals surface area contributed by atoms with Gasteiger partial charge >= 0.3 is 0 Å². The summed E-state index contributed by atoms with van der Waals surface area (Å²) >= 11 is 0. The number of hydrogen-bond donors (Lipinski definition) is 2. The first kappa shape index (κ1) is 14.3. The Balaban J connectivity index is 4.13. The van der Waals surface area contributed by atoms with Gasteiger partial charge < -0.3 is 15.2 Å². The predicted octanol–water partition coefficient (Wildman–Crippen LogP) is -0.548. The minimum Gasteiger partial charge on any atom is -0.395 e. The van der Waals surface area contributed by atoms with Gasteiger partial charge in [-0.1, -0.05) is 0 Å². The summed E-state index contributed by atoms with van der Waals surface area (Å²) in [6, 6.07) is -0.229. The Morgan fingerprint density at radius 3 is 2.67 bits per heavy atom. The average Bonchev–Trinajstić information content (AvgIpc) is 2.23. The lowest BCUT2D eigenvalue weighted by Gasteiger charge is -2.26. The van der Waals surface area contributed by atoms with Gasteiger partial charge in [0, 0.05) is 26.7 Å². The Hall–Kier alpha value is -0.650. The van der Waals surface area contributed by atoms with Crippen molar-refractivity contribution in [2.75, 3.05) is 40.0 Å². The van der Waals surface area contributed by atoms with Crippen LogP contribution in [0.2, 0.25) is 0 Å². The van der Waals surface area contributed by atoms with Crippen LogP contribution in [0.15, 0.2) is 0 Å². The quantitative estimate of drug-likeness (QED) is 0.574. The fraction of sp³-hybridized carbons (Fsp3) is 0.900. The SMILES string of the molecule is CCNC(=O)C(C)N(CCO)CCOC. The molecule has 0 saturated heterocycles. The summed E-state index contributed by atoms with van der Waals surface area (Å²) in [5.74, 6) is -0.0120. The third kappa shape index (κ3) is 5.71. The van der Waals surface area contributed by atoms with Crippen LogP contribution in [0.4, 0.5) is 0 Å². The molecule has 0 bridgehead atoms. The molecule has 0 aliphatic carbocycles. The van der Waals surface area contributed by atoms with Crippen LogP contribution in [-0.4, -0.2) is 61.9 Å². The van der Waals surface area contributed by atoms with Crippen LogP contribution in [0.1, 0.15) is 13.8 Å². The second-order valence-electron chi connectivity index (χ2n) is 3.32. The van der Waals surface area contributed by atoms with E-state index in [0.29, 0.717) is 26.2 Å². The average molecular weight is 218 g/mol. The summed E-state index contributed by atoms with van der Waals surface area (Å²) in [4.78, 5) is 13.4. The van der Waals surface area contributed by atoms with Crippen molar-refractivity contribution in [3.8, 4) is 0 Å². The molecule has 1 amide bonds. The second kappa shape index (κ2) is 8.64. The number of aliphatic hydroxyl groups excluding tert-OH is 1. The number of amides is 1. The van der Waals surface area contributed by atoms with Crippen LogP contribution in [0.5, 0.6) is 0 Å². The van der Waals surface area contributed by atoms with Crippen molar-refractivity contribution < 1.29 is 14.6 Å². The van der Waals surface area contributed by atoms with Crippen molar-refractivity contribution in [1.82, 2.24) is 10.2 Å². The topological polar surface area (TPSA) is 61.8 Å². The van der Waals surface area contributed by atoms with E-state index in [9.17, 15) is 4.79 Å². The molecule has 0 aromatic carbocycles. The number of likely N-dealkylation sites (N-methyl/N-ethyl adjacent to an activating group) is 1. The molecular formula is C10H22N2O3. The highest BCUT2D eigenvalue weighted by atomic mass is 16.5. The van der Waals surface area contributed by atoms with Gasteiger partial charge in [-0.2, -0.15) is 0 Å². The highest BCUT2D eigenvalue weighted by Gasteiger charge is 2.19. The molecular weight excluding hydrogens is 196 g/mol. The first-order valence-corrected chi connectivity index (χ1v) is 5.28. The number of carbonyl (C=O) groups is 1. The summed E-state index contributed by atoms with van der Waals surface area (Å²) in [6.45, 7) is 6.08. The molecule has 0 aliphatic rings. The van der Waals surface area contributed by atoms with Crippen molar-refractivity contribution in [2.24, 2.45) is 0 Å². The number of carbonyl (C=O) groups excluding carboxylic acids is 1. The fourth-order valence-electron chi connectivity index (χ4n) is 1.32. The van der Waals surface area contributed by atoms with E-state index in [1.807, 2.05) is 18.7 Å². The molecule has 0 rings (SSSR count). The lowest BCUT2D eigenvalue weighted by Crippen LogP contribution is -2.47. The molecule has 0 radical (unpaired) electrons.